The lowest BCUT2D eigenvalue weighted by atomic mass is 10.2. The van der Waals surface area contributed by atoms with Crippen molar-refractivity contribution in [2.45, 2.75) is 12.5 Å². The van der Waals surface area contributed by atoms with Gasteiger partial charge in [-0.25, -0.2) is 0 Å². The number of H-pyrrole nitrogens is 1. The summed E-state index contributed by atoms with van der Waals surface area (Å²) in [5, 5.41) is 13.3. The monoisotopic (exact) mass is 208 g/mol. The highest BCUT2D eigenvalue weighted by atomic mass is 16.5. The molecule has 0 aliphatic heterocycles. The van der Waals surface area contributed by atoms with Crippen LogP contribution in [0.5, 0.6) is 0 Å². The van der Waals surface area contributed by atoms with Gasteiger partial charge >= 0.3 is 0 Å². The molecule has 1 atom stereocenters. The van der Waals surface area contributed by atoms with Crippen LogP contribution in [0, 0.1) is 0 Å². The van der Waals surface area contributed by atoms with Gasteiger partial charge in [0.2, 0.25) is 5.82 Å². The molecule has 0 bridgehead atoms. The molecule has 0 amide bonds. The molecule has 0 radical (unpaired) electrons. The lowest BCUT2D eigenvalue weighted by molar-refractivity contribution is 0.127. The Bertz CT molecular complexity index is 409. The summed E-state index contributed by atoms with van der Waals surface area (Å²) in [4.78, 5) is 7.00. The molecule has 0 fully saturated rings. The lowest BCUT2D eigenvalue weighted by Gasteiger charge is -2.00. The fourth-order valence-corrected chi connectivity index (χ4v) is 1.23. The first-order valence-corrected chi connectivity index (χ1v) is 4.66. The average molecular weight is 208 g/mol. The summed E-state index contributed by atoms with van der Waals surface area (Å²) < 4.78 is 4.92. The van der Waals surface area contributed by atoms with Gasteiger partial charge in [-0.05, 0) is 25.1 Å². The van der Waals surface area contributed by atoms with E-state index in [-0.39, 0.29) is 5.89 Å². The standard InChI is InChI=1S/C9H12N4O2/c10-4-3-7(14)9-12-8(13-15-9)6-2-1-5-11-6/h1-2,5,7,11,14H,3-4,10H2/t7-/m0/s1. The van der Waals surface area contributed by atoms with E-state index >= 15 is 0 Å². The molecule has 6 heteroatoms. The summed E-state index contributed by atoms with van der Waals surface area (Å²) >= 11 is 0. The molecular weight excluding hydrogens is 196 g/mol. The molecule has 0 aliphatic carbocycles. The van der Waals surface area contributed by atoms with Crippen molar-refractivity contribution in [3.8, 4) is 11.5 Å². The van der Waals surface area contributed by atoms with Gasteiger partial charge < -0.3 is 20.3 Å². The average Bonchev–Trinajstić information content (AvgIpc) is 2.89. The molecule has 6 nitrogen and oxygen atoms in total. The zero-order chi connectivity index (χ0) is 10.7. The van der Waals surface area contributed by atoms with Crippen LogP contribution in [-0.4, -0.2) is 26.8 Å². The van der Waals surface area contributed by atoms with Crippen LogP contribution in [0.1, 0.15) is 18.4 Å². The van der Waals surface area contributed by atoms with E-state index < -0.39 is 6.10 Å². The van der Waals surface area contributed by atoms with Crippen molar-refractivity contribution >= 4 is 0 Å². The van der Waals surface area contributed by atoms with Gasteiger partial charge in [-0.3, -0.25) is 0 Å². The zero-order valence-electron chi connectivity index (χ0n) is 8.05. The van der Waals surface area contributed by atoms with Crippen LogP contribution in [0.15, 0.2) is 22.9 Å². The fraction of sp³-hybridized carbons (Fsp3) is 0.333. The molecule has 0 aromatic carbocycles. The summed E-state index contributed by atoms with van der Waals surface area (Å²) in [6.45, 7) is 0.376. The molecule has 2 heterocycles. The van der Waals surface area contributed by atoms with Gasteiger partial charge in [-0.15, -0.1) is 0 Å². The number of hydrogen-bond acceptors (Lipinski definition) is 5. The maximum Gasteiger partial charge on any atom is 0.255 e. The predicted octanol–water partition coefficient (Wildman–Crippen LogP) is 0.447. The minimum Gasteiger partial charge on any atom is -0.383 e. The second-order valence-electron chi connectivity index (χ2n) is 3.13. The Morgan fingerprint density at radius 2 is 2.47 bits per heavy atom. The molecule has 0 saturated carbocycles. The maximum atomic E-state index is 9.54. The first-order chi connectivity index (χ1) is 7.31. The zero-order valence-corrected chi connectivity index (χ0v) is 8.05. The van der Waals surface area contributed by atoms with Crippen molar-refractivity contribution in [3.63, 3.8) is 0 Å². The maximum absolute atomic E-state index is 9.54. The van der Waals surface area contributed by atoms with Crippen molar-refractivity contribution in [2.75, 3.05) is 6.54 Å². The van der Waals surface area contributed by atoms with Crippen LogP contribution >= 0.6 is 0 Å². The number of nitrogens with zero attached hydrogens (tertiary/aromatic N) is 2. The summed E-state index contributed by atoms with van der Waals surface area (Å²) in [7, 11) is 0. The van der Waals surface area contributed by atoms with Crippen LogP contribution in [0.4, 0.5) is 0 Å². The number of nitrogens with one attached hydrogen (secondary N) is 1. The van der Waals surface area contributed by atoms with E-state index in [9.17, 15) is 5.11 Å². The Kier molecular flexibility index (Phi) is 2.79. The number of aromatic nitrogens is 3. The van der Waals surface area contributed by atoms with Crippen molar-refractivity contribution in [1.82, 2.24) is 15.1 Å². The summed E-state index contributed by atoms with van der Waals surface area (Å²) in [5.74, 6) is 0.635. The lowest BCUT2D eigenvalue weighted by Crippen LogP contribution is -2.06. The third kappa shape index (κ3) is 2.05. The van der Waals surface area contributed by atoms with E-state index in [1.807, 2.05) is 12.1 Å². The van der Waals surface area contributed by atoms with E-state index in [1.54, 1.807) is 6.20 Å². The largest absolute Gasteiger partial charge is 0.383 e. The van der Waals surface area contributed by atoms with Crippen molar-refractivity contribution in [3.05, 3.63) is 24.2 Å². The minimum atomic E-state index is -0.786. The second kappa shape index (κ2) is 4.24. The number of aliphatic hydroxyl groups excluding tert-OH is 1. The number of hydrogen-bond donors (Lipinski definition) is 3. The minimum absolute atomic E-state index is 0.199. The molecule has 80 valence electrons. The number of aliphatic hydroxyl groups is 1. The molecule has 2 aromatic rings. The molecule has 15 heavy (non-hydrogen) atoms. The van der Waals surface area contributed by atoms with E-state index in [4.69, 9.17) is 10.3 Å². The molecule has 4 N–H and O–H groups in total. The van der Waals surface area contributed by atoms with Gasteiger partial charge in [-0.1, -0.05) is 5.16 Å². The van der Waals surface area contributed by atoms with Crippen LogP contribution < -0.4 is 5.73 Å². The molecule has 0 spiro atoms. The van der Waals surface area contributed by atoms with Gasteiger partial charge in [-0.2, -0.15) is 4.98 Å². The Labute approximate surface area is 86.1 Å². The quantitative estimate of drug-likeness (QED) is 0.677. The smallest absolute Gasteiger partial charge is 0.255 e. The van der Waals surface area contributed by atoms with E-state index in [1.165, 1.54) is 0 Å². The van der Waals surface area contributed by atoms with Crippen molar-refractivity contribution < 1.29 is 9.63 Å². The fourth-order valence-electron chi connectivity index (χ4n) is 1.23. The van der Waals surface area contributed by atoms with Gasteiger partial charge in [0.15, 0.2) is 0 Å². The van der Waals surface area contributed by atoms with Crippen LogP contribution in [-0.2, 0) is 0 Å². The summed E-state index contributed by atoms with van der Waals surface area (Å²) in [6.07, 6.45) is 1.39. The van der Waals surface area contributed by atoms with Crippen LogP contribution in [0.2, 0.25) is 0 Å². The van der Waals surface area contributed by atoms with Crippen molar-refractivity contribution in [1.29, 1.82) is 0 Å². The molecule has 0 saturated heterocycles. The molecular formula is C9H12N4O2. The Balaban J connectivity index is 2.17. The van der Waals surface area contributed by atoms with Crippen LogP contribution in [0.3, 0.4) is 0 Å². The normalized spacial score (nSPS) is 12.9. The van der Waals surface area contributed by atoms with Gasteiger partial charge in [0.1, 0.15) is 6.10 Å². The molecule has 2 rings (SSSR count). The Morgan fingerprint density at radius 3 is 3.13 bits per heavy atom. The number of rotatable bonds is 4. The van der Waals surface area contributed by atoms with Gasteiger partial charge in [0.25, 0.3) is 5.89 Å². The van der Waals surface area contributed by atoms with Gasteiger partial charge in [0, 0.05) is 6.20 Å². The van der Waals surface area contributed by atoms with E-state index in [0.29, 0.717) is 18.8 Å². The molecule has 0 unspecified atom stereocenters. The first kappa shape index (κ1) is 9.88. The van der Waals surface area contributed by atoms with Gasteiger partial charge in [0.05, 0.1) is 5.69 Å². The molecule has 2 aromatic heterocycles. The highest BCUT2D eigenvalue weighted by Crippen LogP contribution is 2.18. The number of aromatic amines is 1. The summed E-state index contributed by atoms with van der Waals surface area (Å²) in [5.41, 5.74) is 6.07. The number of nitrogens with two attached hydrogens (primary N) is 1. The summed E-state index contributed by atoms with van der Waals surface area (Å²) in [6, 6.07) is 3.66. The molecule has 0 aliphatic rings. The van der Waals surface area contributed by atoms with E-state index in [2.05, 4.69) is 15.1 Å². The predicted molar refractivity (Wildman–Crippen MR) is 52.7 cm³/mol. The Hall–Kier alpha value is -1.66. The van der Waals surface area contributed by atoms with E-state index in [0.717, 1.165) is 5.69 Å². The SMILES string of the molecule is NCC[C@H](O)c1nc(-c2ccc[nH]2)no1. The highest BCUT2D eigenvalue weighted by molar-refractivity contribution is 5.47. The third-order valence-corrected chi connectivity index (χ3v) is 2.01. The second-order valence-corrected chi connectivity index (χ2v) is 3.13. The topological polar surface area (TPSA) is 101 Å². The van der Waals surface area contributed by atoms with Crippen molar-refractivity contribution in [2.24, 2.45) is 5.73 Å². The first-order valence-electron chi connectivity index (χ1n) is 4.66. The Morgan fingerprint density at radius 1 is 1.60 bits per heavy atom. The van der Waals surface area contributed by atoms with Crippen LogP contribution in [0.25, 0.3) is 11.5 Å². The third-order valence-electron chi connectivity index (χ3n) is 2.01. The highest BCUT2D eigenvalue weighted by Gasteiger charge is 2.16.